The highest BCUT2D eigenvalue weighted by molar-refractivity contribution is 6.16. The molecule has 33 heavy (non-hydrogen) atoms. The molecule has 1 aliphatic heterocycles. The van der Waals surface area contributed by atoms with Crippen molar-refractivity contribution in [3.05, 3.63) is 77.3 Å². The molecule has 0 radical (unpaired) electrons. The number of ketones is 1. The molecule has 1 amide bonds. The van der Waals surface area contributed by atoms with Gasteiger partial charge in [0.1, 0.15) is 11.3 Å². The Kier molecular flexibility index (Phi) is 5.44. The van der Waals surface area contributed by atoms with E-state index in [-0.39, 0.29) is 23.5 Å². The molecule has 1 N–H and O–H groups in total. The Labute approximate surface area is 192 Å². The van der Waals surface area contributed by atoms with Crippen molar-refractivity contribution in [1.82, 2.24) is 4.90 Å². The number of fused-ring (bicyclic) bond motifs is 1. The number of aliphatic hydroxyl groups is 1. The predicted molar refractivity (Wildman–Crippen MR) is 124 cm³/mol. The zero-order chi connectivity index (χ0) is 23.1. The molecular formula is C27H27NO5. The maximum atomic E-state index is 13.7. The maximum absolute atomic E-state index is 13.7. The average molecular weight is 446 g/mol. The van der Waals surface area contributed by atoms with Crippen LogP contribution in [0.2, 0.25) is 0 Å². The summed E-state index contributed by atoms with van der Waals surface area (Å²) in [7, 11) is 0. The van der Waals surface area contributed by atoms with Crippen LogP contribution in [0.25, 0.3) is 11.0 Å². The highest BCUT2D eigenvalue weighted by Crippen LogP contribution is 2.44. The zero-order valence-electron chi connectivity index (χ0n) is 18.8. The lowest BCUT2D eigenvalue weighted by atomic mass is 9.94. The van der Waals surface area contributed by atoms with Gasteiger partial charge in [-0.05, 0) is 56.5 Å². The standard InChI is InChI=1S/C27H27NO5/c1-16(2)32-20-12-7-9-18(14-20)24-23(26(30)27(31)28(24)19-10-4-5-11-19)25(29)22-15-17-8-3-6-13-21(17)33-22/h3,6-9,12-16,19,24,30H,4-5,10-11H2,1-2H3. The lowest BCUT2D eigenvalue weighted by Crippen LogP contribution is -2.38. The number of hydrogen-bond acceptors (Lipinski definition) is 5. The van der Waals surface area contributed by atoms with Crippen LogP contribution in [0.5, 0.6) is 5.75 Å². The summed E-state index contributed by atoms with van der Waals surface area (Å²) < 4.78 is 11.7. The number of Topliss-reactive ketones (excluding diaryl/α,β-unsaturated/α-hetero) is 1. The molecule has 3 aromatic rings. The van der Waals surface area contributed by atoms with Crippen LogP contribution in [-0.4, -0.2) is 33.8 Å². The Hall–Kier alpha value is -3.54. The Morgan fingerprint density at radius 1 is 1.09 bits per heavy atom. The number of nitrogens with zero attached hydrogens (tertiary/aromatic N) is 1. The molecule has 2 heterocycles. The quantitative estimate of drug-likeness (QED) is 0.489. The number of benzene rings is 2. The molecule has 0 saturated heterocycles. The van der Waals surface area contributed by atoms with Crippen LogP contribution in [-0.2, 0) is 4.79 Å². The van der Waals surface area contributed by atoms with Gasteiger partial charge in [0.05, 0.1) is 17.7 Å². The largest absolute Gasteiger partial charge is 0.503 e. The maximum Gasteiger partial charge on any atom is 0.290 e. The van der Waals surface area contributed by atoms with Gasteiger partial charge in [-0.25, -0.2) is 0 Å². The van der Waals surface area contributed by atoms with E-state index in [1.807, 2.05) is 56.3 Å². The normalized spacial score (nSPS) is 19.3. The van der Waals surface area contributed by atoms with Gasteiger partial charge in [-0.1, -0.05) is 43.2 Å². The van der Waals surface area contributed by atoms with Gasteiger partial charge < -0.3 is 19.2 Å². The minimum atomic E-state index is -0.697. The van der Waals surface area contributed by atoms with Crippen molar-refractivity contribution in [2.24, 2.45) is 0 Å². The molecule has 6 nitrogen and oxygen atoms in total. The Morgan fingerprint density at radius 2 is 1.85 bits per heavy atom. The number of furan rings is 1. The lowest BCUT2D eigenvalue weighted by Gasteiger charge is -2.32. The summed E-state index contributed by atoms with van der Waals surface area (Å²) in [5.74, 6) is -0.700. The summed E-state index contributed by atoms with van der Waals surface area (Å²) in [6.45, 7) is 3.89. The van der Waals surface area contributed by atoms with E-state index in [0.717, 1.165) is 36.6 Å². The highest BCUT2D eigenvalue weighted by Gasteiger charge is 2.47. The molecule has 170 valence electrons. The monoisotopic (exact) mass is 445 g/mol. The number of ether oxygens (including phenoxy) is 1. The van der Waals surface area contributed by atoms with Crippen molar-refractivity contribution in [2.75, 3.05) is 0 Å². The molecule has 1 fully saturated rings. The molecule has 1 aromatic heterocycles. The molecule has 1 atom stereocenters. The molecule has 1 aliphatic carbocycles. The molecule has 6 heteroatoms. The molecule has 0 bridgehead atoms. The van der Waals surface area contributed by atoms with Gasteiger partial charge in [0.2, 0.25) is 5.78 Å². The van der Waals surface area contributed by atoms with Gasteiger partial charge in [0, 0.05) is 11.4 Å². The third-order valence-corrected chi connectivity index (χ3v) is 6.40. The van der Waals surface area contributed by atoms with Gasteiger partial charge in [-0.2, -0.15) is 0 Å². The smallest absolute Gasteiger partial charge is 0.290 e. The van der Waals surface area contributed by atoms with E-state index < -0.39 is 23.5 Å². The fraction of sp³-hybridized carbons (Fsp3) is 0.333. The Balaban J connectivity index is 1.61. The summed E-state index contributed by atoms with van der Waals surface area (Å²) in [6, 6.07) is 15.7. The topological polar surface area (TPSA) is 80.0 Å². The second-order valence-corrected chi connectivity index (χ2v) is 9.03. The number of aliphatic hydroxyl groups excluding tert-OH is 1. The van der Waals surface area contributed by atoms with Gasteiger partial charge in [-0.3, -0.25) is 9.59 Å². The van der Waals surface area contributed by atoms with Crippen LogP contribution in [0.1, 0.15) is 61.7 Å². The first-order valence-corrected chi connectivity index (χ1v) is 11.5. The summed E-state index contributed by atoms with van der Waals surface area (Å²) >= 11 is 0. The summed E-state index contributed by atoms with van der Waals surface area (Å²) in [6.07, 6.45) is 3.72. The molecule has 1 unspecified atom stereocenters. The average Bonchev–Trinajstić information content (AvgIpc) is 3.52. The third-order valence-electron chi connectivity index (χ3n) is 6.40. The van der Waals surface area contributed by atoms with Crippen molar-refractivity contribution >= 4 is 22.7 Å². The molecule has 2 aliphatic rings. The fourth-order valence-corrected chi connectivity index (χ4v) is 5.00. The lowest BCUT2D eigenvalue weighted by molar-refractivity contribution is -0.131. The van der Waals surface area contributed by atoms with E-state index in [1.54, 1.807) is 17.0 Å². The van der Waals surface area contributed by atoms with E-state index >= 15 is 0 Å². The summed E-state index contributed by atoms with van der Waals surface area (Å²) in [4.78, 5) is 28.6. The second kappa shape index (κ2) is 8.43. The van der Waals surface area contributed by atoms with Crippen molar-refractivity contribution < 1.29 is 23.8 Å². The summed E-state index contributed by atoms with van der Waals surface area (Å²) in [5, 5.41) is 11.7. The number of para-hydroxylation sites is 1. The van der Waals surface area contributed by atoms with Crippen molar-refractivity contribution in [3.8, 4) is 5.75 Å². The fourth-order valence-electron chi connectivity index (χ4n) is 5.00. The predicted octanol–water partition coefficient (Wildman–Crippen LogP) is 5.74. The number of carbonyl (C=O) groups is 2. The van der Waals surface area contributed by atoms with Crippen LogP contribution >= 0.6 is 0 Å². The van der Waals surface area contributed by atoms with Gasteiger partial charge >= 0.3 is 0 Å². The van der Waals surface area contributed by atoms with E-state index in [9.17, 15) is 14.7 Å². The molecule has 2 aromatic carbocycles. The van der Waals surface area contributed by atoms with Crippen LogP contribution in [0.3, 0.4) is 0 Å². The zero-order valence-corrected chi connectivity index (χ0v) is 18.8. The molecule has 1 saturated carbocycles. The van der Waals surface area contributed by atoms with Crippen LogP contribution in [0.15, 0.2) is 70.3 Å². The van der Waals surface area contributed by atoms with Crippen LogP contribution < -0.4 is 4.74 Å². The highest BCUT2D eigenvalue weighted by atomic mass is 16.5. The first kappa shape index (κ1) is 21.3. The Bertz CT molecular complexity index is 1220. The number of hydrogen-bond donors (Lipinski definition) is 1. The van der Waals surface area contributed by atoms with E-state index in [0.29, 0.717) is 11.3 Å². The van der Waals surface area contributed by atoms with Crippen molar-refractivity contribution in [2.45, 2.75) is 57.7 Å². The molecular weight excluding hydrogens is 418 g/mol. The van der Waals surface area contributed by atoms with Gasteiger partial charge in [0.25, 0.3) is 5.91 Å². The SMILES string of the molecule is CC(C)Oc1cccc(C2C(C(=O)c3cc4ccccc4o3)=C(O)C(=O)N2C2CCCC2)c1. The van der Waals surface area contributed by atoms with Crippen molar-refractivity contribution in [1.29, 1.82) is 0 Å². The number of carbonyl (C=O) groups excluding carboxylic acids is 2. The van der Waals surface area contributed by atoms with Gasteiger partial charge in [-0.15, -0.1) is 0 Å². The van der Waals surface area contributed by atoms with E-state index in [4.69, 9.17) is 9.15 Å². The van der Waals surface area contributed by atoms with Gasteiger partial charge in [0.15, 0.2) is 11.5 Å². The van der Waals surface area contributed by atoms with Crippen LogP contribution in [0, 0.1) is 0 Å². The molecule has 5 rings (SSSR count). The number of rotatable bonds is 6. The summed E-state index contributed by atoms with van der Waals surface area (Å²) in [5.41, 5.74) is 1.38. The second-order valence-electron chi connectivity index (χ2n) is 9.03. The first-order valence-electron chi connectivity index (χ1n) is 11.5. The molecule has 0 spiro atoms. The first-order chi connectivity index (χ1) is 15.9. The van der Waals surface area contributed by atoms with E-state index in [2.05, 4.69) is 0 Å². The number of amides is 1. The Morgan fingerprint density at radius 3 is 2.58 bits per heavy atom. The van der Waals surface area contributed by atoms with Crippen LogP contribution in [0.4, 0.5) is 0 Å². The van der Waals surface area contributed by atoms with E-state index in [1.165, 1.54) is 0 Å². The minimum Gasteiger partial charge on any atom is -0.503 e. The van der Waals surface area contributed by atoms with Crippen molar-refractivity contribution in [3.63, 3.8) is 0 Å². The third kappa shape index (κ3) is 3.80. The minimum absolute atomic E-state index is 0.0167.